The van der Waals surface area contributed by atoms with E-state index in [1.54, 1.807) is 16.9 Å². The predicted molar refractivity (Wildman–Crippen MR) is 59.7 cm³/mol. The molecule has 1 aromatic heterocycles. The highest BCUT2D eigenvalue weighted by atomic mass is 16.2. The van der Waals surface area contributed by atoms with E-state index in [9.17, 15) is 4.79 Å². The van der Waals surface area contributed by atoms with E-state index in [-0.39, 0.29) is 5.91 Å². The van der Waals surface area contributed by atoms with Gasteiger partial charge in [-0.3, -0.25) is 9.48 Å². The van der Waals surface area contributed by atoms with E-state index in [0.29, 0.717) is 18.2 Å². The first kappa shape index (κ1) is 11.8. The summed E-state index contributed by atoms with van der Waals surface area (Å²) in [4.78, 5) is 11.7. The second-order valence-corrected chi connectivity index (χ2v) is 4.04. The van der Waals surface area contributed by atoms with Crippen molar-refractivity contribution in [1.82, 2.24) is 15.1 Å². The lowest BCUT2D eigenvalue weighted by Gasteiger charge is -2.08. The van der Waals surface area contributed by atoms with Gasteiger partial charge in [0.2, 0.25) is 0 Å². The van der Waals surface area contributed by atoms with Crippen LogP contribution in [0.25, 0.3) is 0 Å². The number of aryl methyl sites for hydroxylation is 1. The van der Waals surface area contributed by atoms with Crippen molar-refractivity contribution in [1.29, 1.82) is 0 Å². The summed E-state index contributed by atoms with van der Waals surface area (Å²) in [6.45, 7) is 7.71. The molecule has 1 rings (SSSR count). The third-order valence-electron chi connectivity index (χ3n) is 2.06. The fourth-order valence-corrected chi connectivity index (χ4v) is 1.30. The molecule has 1 N–H and O–H groups in total. The highest BCUT2D eigenvalue weighted by molar-refractivity contribution is 5.92. The van der Waals surface area contributed by atoms with E-state index in [2.05, 4.69) is 31.2 Å². The molecule has 1 aromatic rings. The zero-order chi connectivity index (χ0) is 11.3. The van der Waals surface area contributed by atoms with Crippen LogP contribution in [0.5, 0.6) is 0 Å². The number of carbonyl (C=O) groups excluding carboxylic acids is 1. The van der Waals surface area contributed by atoms with E-state index in [0.717, 1.165) is 13.0 Å². The van der Waals surface area contributed by atoms with Gasteiger partial charge in [-0.2, -0.15) is 5.10 Å². The minimum absolute atomic E-state index is 0.0327. The highest BCUT2D eigenvalue weighted by Crippen LogP contribution is 2.00. The molecular formula is C11H19N3O. The topological polar surface area (TPSA) is 46.9 Å². The Morgan fingerprint density at radius 2 is 2.33 bits per heavy atom. The number of hydrogen-bond acceptors (Lipinski definition) is 2. The first-order valence-corrected chi connectivity index (χ1v) is 5.45. The molecule has 0 fully saturated rings. The van der Waals surface area contributed by atoms with Gasteiger partial charge in [0.05, 0.1) is 0 Å². The van der Waals surface area contributed by atoms with Crippen molar-refractivity contribution >= 4 is 5.91 Å². The van der Waals surface area contributed by atoms with Gasteiger partial charge in [0, 0.05) is 19.3 Å². The summed E-state index contributed by atoms with van der Waals surface area (Å²) in [6, 6.07) is 1.76. The Labute approximate surface area is 90.7 Å². The lowest BCUT2D eigenvalue weighted by molar-refractivity contribution is 0.0938. The van der Waals surface area contributed by atoms with E-state index in [1.807, 2.05) is 0 Å². The summed E-state index contributed by atoms with van der Waals surface area (Å²) in [6.07, 6.45) is 2.64. The number of rotatable bonds is 5. The molecule has 0 saturated carbocycles. The van der Waals surface area contributed by atoms with Crippen LogP contribution in [0, 0.1) is 5.92 Å². The van der Waals surface area contributed by atoms with E-state index in [4.69, 9.17) is 0 Å². The lowest BCUT2D eigenvalue weighted by atomic mass is 10.2. The summed E-state index contributed by atoms with van der Waals surface area (Å²) in [5.41, 5.74) is 0.650. The average Bonchev–Trinajstić information content (AvgIpc) is 2.63. The Kier molecular flexibility index (Phi) is 4.34. The molecule has 0 aliphatic rings. The van der Waals surface area contributed by atoms with Gasteiger partial charge in [-0.15, -0.1) is 0 Å². The molecule has 0 aromatic carbocycles. The van der Waals surface area contributed by atoms with Crippen LogP contribution < -0.4 is 5.32 Å². The summed E-state index contributed by atoms with van der Waals surface area (Å²) >= 11 is 0. The van der Waals surface area contributed by atoms with Gasteiger partial charge in [-0.25, -0.2) is 0 Å². The maximum Gasteiger partial charge on any atom is 0.269 e. The summed E-state index contributed by atoms with van der Waals surface area (Å²) in [5.74, 6) is 0.436. The molecular weight excluding hydrogens is 190 g/mol. The minimum Gasteiger partial charge on any atom is -0.350 e. The standard InChI is InChI=1S/C11H19N3O/c1-4-7-14-10(5-6-13-14)11(15)12-8-9(2)3/h5-6,9H,4,7-8H2,1-3H3,(H,12,15). The summed E-state index contributed by atoms with van der Waals surface area (Å²) in [5, 5.41) is 6.99. The molecule has 4 nitrogen and oxygen atoms in total. The second-order valence-electron chi connectivity index (χ2n) is 4.04. The highest BCUT2D eigenvalue weighted by Gasteiger charge is 2.10. The van der Waals surface area contributed by atoms with Crippen LogP contribution in [0.4, 0.5) is 0 Å². The van der Waals surface area contributed by atoms with Gasteiger partial charge in [-0.1, -0.05) is 20.8 Å². The largest absolute Gasteiger partial charge is 0.350 e. The van der Waals surface area contributed by atoms with Crippen molar-refractivity contribution < 1.29 is 4.79 Å². The number of hydrogen-bond donors (Lipinski definition) is 1. The van der Waals surface area contributed by atoms with Gasteiger partial charge < -0.3 is 5.32 Å². The van der Waals surface area contributed by atoms with Gasteiger partial charge in [0.1, 0.15) is 5.69 Å². The number of nitrogens with zero attached hydrogens (tertiary/aromatic N) is 2. The molecule has 0 aliphatic carbocycles. The van der Waals surface area contributed by atoms with E-state index >= 15 is 0 Å². The molecule has 0 aliphatic heterocycles. The summed E-state index contributed by atoms with van der Waals surface area (Å²) in [7, 11) is 0. The van der Waals surface area contributed by atoms with Gasteiger partial charge >= 0.3 is 0 Å². The molecule has 0 bridgehead atoms. The maximum absolute atomic E-state index is 11.7. The van der Waals surface area contributed by atoms with Crippen LogP contribution in [-0.2, 0) is 6.54 Å². The van der Waals surface area contributed by atoms with Gasteiger partial charge in [0.25, 0.3) is 5.91 Å². The van der Waals surface area contributed by atoms with Crippen molar-refractivity contribution in [2.45, 2.75) is 33.7 Å². The Morgan fingerprint density at radius 3 is 2.93 bits per heavy atom. The Morgan fingerprint density at radius 1 is 1.60 bits per heavy atom. The van der Waals surface area contributed by atoms with E-state index < -0.39 is 0 Å². The van der Waals surface area contributed by atoms with E-state index in [1.165, 1.54) is 0 Å². The molecule has 0 unspecified atom stereocenters. The fraction of sp³-hybridized carbons (Fsp3) is 0.636. The molecule has 0 saturated heterocycles. The second kappa shape index (κ2) is 5.53. The monoisotopic (exact) mass is 209 g/mol. The first-order chi connectivity index (χ1) is 7.15. The number of nitrogens with one attached hydrogen (secondary N) is 1. The number of aromatic nitrogens is 2. The molecule has 1 heterocycles. The normalized spacial score (nSPS) is 10.7. The molecule has 0 spiro atoms. The summed E-state index contributed by atoms with van der Waals surface area (Å²) < 4.78 is 1.75. The molecule has 0 radical (unpaired) electrons. The molecule has 0 atom stereocenters. The molecule has 4 heteroatoms. The third kappa shape index (κ3) is 3.38. The van der Waals surface area contributed by atoms with Crippen molar-refractivity contribution in [2.75, 3.05) is 6.54 Å². The van der Waals surface area contributed by atoms with Crippen LogP contribution in [0.2, 0.25) is 0 Å². The first-order valence-electron chi connectivity index (χ1n) is 5.45. The number of amides is 1. The van der Waals surface area contributed by atoms with Crippen LogP contribution in [0.3, 0.4) is 0 Å². The van der Waals surface area contributed by atoms with Gasteiger partial charge in [-0.05, 0) is 18.4 Å². The minimum atomic E-state index is -0.0327. The Hall–Kier alpha value is -1.32. The van der Waals surface area contributed by atoms with Crippen molar-refractivity contribution in [2.24, 2.45) is 5.92 Å². The van der Waals surface area contributed by atoms with Crippen molar-refractivity contribution in [3.8, 4) is 0 Å². The molecule has 15 heavy (non-hydrogen) atoms. The molecule has 1 amide bonds. The maximum atomic E-state index is 11.7. The van der Waals surface area contributed by atoms with Crippen molar-refractivity contribution in [3.63, 3.8) is 0 Å². The third-order valence-corrected chi connectivity index (χ3v) is 2.06. The van der Waals surface area contributed by atoms with Crippen LogP contribution in [0.1, 0.15) is 37.7 Å². The van der Waals surface area contributed by atoms with Crippen LogP contribution in [0.15, 0.2) is 12.3 Å². The smallest absolute Gasteiger partial charge is 0.269 e. The van der Waals surface area contributed by atoms with Crippen LogP contribution in [-0.4, -0.2) is 22.2 Å². The predicted octanol–water partition coefficient (Wildman–Crippen LogP) is 1.68. The zero-order valence-corrected chi connectivity index (χ0v) is 9.66. The fourth-order valence-electron chi connectivity index (χ4n) is 1.30. The zero-order valence-electron chi connectivity index (χ0n) is 9.66. The van der Waals surface area contributed by atoms with Crippen molar-refractivity contribution in [3.05, 3.63) is 18.0 Å². The Balaban J connectivity index is 2.60. The lowest BCUT2D eigenvalue weighted by Crippen LogP contribution is -2.29. The quantitative estimate of drug-likeness (QED) is 0.802. The Bertz CT molecular complexity index is 317. The molecule has 84 valence electrons. The SMILES string of the molecule is CCCn1nccc1C(=O)NCC(C)C. The van der Waals surface area contributed by atoms with Crippen LogP contribution >= 0.6 is 0 Å². The average molecular weight is 209 g/mol. The number of carbonyl (C=O) groups is 1. The van der Waals surface area contributed by atoms with Gasteiger partial charge in [0.15, 0.2) is 0 Å².